The van der Waals surface area contributed by atoms with Gasteiger partial charge < -0.3 is 9.47 Å². The van der Waals surface area contributed by atoms with Crippen LogP contribution >= 0.6 is 0 Å². The molecular weight excluding hydrogens is 260 g/mol. The Morgan fingerprint density at radius 2 is 1.57 bits per heavy atom. The van der Waals surface area contributed by atoms with Crippen molar-refractivity contribution < 1.29 is 9.47 Å². The lowest BCUT2D eigenvalue weighted by Gasteiger charge is -2.31. The van der Waals surface area contributed by atoms with E-state index in [9.17, 15) is 0 Å². The number of hydrogen-bond donors (Lipinski definition) is 0. The van der Waals surface area contributed by atoms with E-state index in [0.717, 1.165) is 29.9 Å². The lowest BCUT2D eigenvalue weighted by molar-refractivity contribution is 0.193. The first-order valence-electron chi connectivity index (χ1n) is 8.60. The van der Waals surface area contributed by atoms with Gasteiger partial charge in [-0.3, -0.25) is 0 Å². The quantitative estimate of drug-likeness (QED) is 0.592. The molecule has 0 radical (unpaired) electrons. The first-order valence-corrected chi connectivity index (χ1v) is 8.60. The summed E-state index contributed by atoms with van der Waals surface area (Å²) in [5, 5.41) is 0. The van der Waals surface area contributed by atoms with Crippen molar-refractivity contribution in [1.82, 2.24) is 0 Å². The molecule has 2 heteroatoms. The predicted octanol–water partition coefficient (Wildman–Crippen LogP) is 5.46. The van der Waals surface area contributed by atoms with Crippen LogP contribution < -0.4 is 9.47 Å². The maximum atomic E-state index is 5.84. The van der Waals surface area contributed by atoms with Gasteiger partial charge in [0.2, 0.25) is 0 Å². The highest BCUT2D eigenvalue weighted by Crippen LogP contribution is 2.35. The fourth-order valence-electron chi connectivity index (χ4n) is 3.62. The van der Waals surface area contributed by atoms with E-state index in [4.69, 9.17) is 9.47 Å². The van der Waals surface area contributed by atoms with Crippen molar-refractivity contribution in [2.45, 2.75) is 58.3 Å². The molecule has 0 heterocycles. The highest BCUT2D eigenvalue weighted by Gasteiger charge is 2.23. The van der Waals surface area contributed by atoms with Crippen molar-refractivity contribution in [2.24, 2.45) is 11.8 Å². The number of rotatable bonds is 8. The van der Waals surface area contributed by atoms with Crippen molar-refractivity contribution in [2.75, 3.05) is 13.7 Å². The molecular formula is C19H30O2. The van der Waals surface area contributed by atoms with E-state index in [1.165, 1.54) is 51.4 Å². The van der Waals surface area contributed by atoms with Crippen LogP contribution in [0, 0.1) is 11.8 Å². The maximum Gasteiger partial charge on any atom is 0.119 e. The second kappa shape index (κ2) is 8.96. The van der Waals surface area contributed by atoms with Gasteiger partial charge in [0, 0.05) is 0 Å². The molecule has 1 aromatic rings. The highest BCUT2D eigenvalue weighted by molar-refractivity contribution is 5.31. The Hall–Kier alpha value is -1.18. The zero-order valence-electron chi connectivity index (χ0n) is 13.6. The van der Waals surface area contributed by atoms with Crippen LogP contribution in [0.2, 0.25) is 0 Å². The monoisotopic (exact) mass is 290 g/mol. The largest absolute Gasteiger partial charge is 0.497 e. The van der Waals surface area contributed by atoms with E-state index in [1.54, 1.807) is 7.11 Å². The van der Waals surface area contributed by atoms with Crippen LogP contribution in [0.4, 0.5) is 0 Å². The van der Waals surface area contributed by atoms with E-state index >= 15 is 0 Å². The molecule has 2 atom stereocenters. The molecule has 21 heavy (non-hydrogen) atoms. The molecule has 1 saturated carbocycles. The number of hydrogen-bond acceptors (Lipinski definition) is 2. The van der Waals surface area contributed by atoms with Gasteiger partial charge in [0.1, 0.15) is 11.5 Å². The van der Waals surface area contributed by atoms with Crippen LogP contribution in [0.25, 0.3) is 0 Å². The fourth-order valence-corrected chi connectivity index (χ4v) is 3.62. The van der Waals surface area contributed by atoms with E-state index in [0.29, 0.717) is 0 Å². The molecule has 2 nitrogen and oxygen atoms in total. The Labute approximate surface area is 129 Å². The standard InChI is InChI=1S/C19H30O2/c1-3-7-16-8-4-5-9-17(16)10-6-15-21-19-13-11-18(20-2)12-14-19/h11-14,16-17H,3-10,15H2,1-2H3. The molecule has 2 unspecified atom stereocenters. The molecule has 0 aliphatic heterocycles. The van der Waals surface area contributed by atoms with Gasteiger partial charge in [-0.05, 0) is 48.9 Å². The Morgan fingerprint density at radius 1 is 0.952 bits per heavy atom. The van der Waals surface area contributed by atoms with Gasteiger partial charge in [-0.2, -0.15) is 0 Å². The maximum absolute atomic E-state index is 5.84. The first-order chi connectivity index (χ1) is 10.3. The third kappa shape index (κ3) is 5.26. The van der Waals surface area contributed by atoms with Crippen LogP contribution in [-0.4, -0.2) is 13.7 Å². The van der Waals surface area contributed by atoms with Gasteiger partial charge in [0.05, 0.1) is 13.7 Å². The molecule has 0 bridgehead atoms. The summed E-state index contributed by atoms with van der Waals surface area (Å²) in [4.78, 5) is 0. The second-order valence-electron chi connectivity index (χ2n) is 6.26. The molecule has 2 rings (SSSR count). The van der Waals surface area contributed by atoms with Gasteiger partial charge >= 0.3 is 0 Å². The molecule has 1 fully saturated rings. The Morgan fingerprint density at radius 3 is 2.19 bits per heavy atom. The minimum atomic E-state index is 0.835. The van der Waals surface area contributed by atoms with Crippen molar-refractivity contribution in [1.29, 1.82) is 0 Å². The lowest BCUT2D eigenvalue weighted by Crippen LogP contribution is -2.20. The molecule has 0 amide bonds. The van der Waals surface area contributed by atoms with E-state index in [1.807, 2.05) is 24.3 Å². The van der Waals surface area contributed by atoms with Crippen LogP contribution in [0.3, 0.4) is 0 Å². The first kappa shape index (κ1) is 16.2. The predicted molar refractivity (Wildman–Crippen MR) is 88.1 cm³/mol. The van der Waals surface area contributed by atoms with Gasteiger partial charge in [-0.15, -0.1) is 0 Å². The summed E-state index contributed by atoms with van der Waals surface area (Å²) in [7, 11) is 1.69. The third-order valence-electron chi connectivity index (χ3n) is 4.77. The highest BCUT2D eigenvalue weighted by atomic mass is 16.5. The molecule has 0 N–H and O–H groups in total. The van der Waals surface area contributed by atoms with Crippen LogP contribution in [0.1, 0.15) is 58.3 Å². The van der Waals surface area contributed by atoms with Crippen molar-refractivity contribution >= 4 is 0 Å². The van der Waals surface area contributed by atoms with E-state index < -0.39 is 0 Å². The summed E-state index contributed by atoms with van der Waals surface area (Å²) in [5.74, 6) is 3.75. The number of ether oxygens (including phenoxy) is 2. The average molecular weight is 290 g/mol. The Bertz CT molecular complexity index is 383. The van der Waals surface area contributed by atoms with Crippen LogP contribution in [0.5, 0.6) is 11.5 Å². The molecule has 1 aliphatic rings. The topological polar surface area (TPSA) is 18.5 Å². The minimum Gasteiger partial charge on any atom is -0.497 e. The van der Waals surface area contributed by atoms with Crippen LogP contribution in [-0.2, 0) is 0 Å². The molecule has 0 aromatic heterocycles. The summed E-state index contributed by atoms with van der Waals surface area (Å²) in [6.07, 6.45) is 11.0. The van der Waals surface area contributed by atoms with Gasteiger partial charge in [-0.25, -0.2) is 0 Å². The summed E-state index contributed by atoms with van der Waals surface area (Å²) in [5.41, 5.74) is 0. The molecule has 0 saturated heterocycles. The zero-order valence-corrected chi connectivity index (χ0v) is 13.6. The SMILES string of the molecule is CCCC1CCCCC1CCCOc1ccc(OC)cc1. The normalized spacial score (nSPS) is 22.0. The lowest BCUT2D eigenvalue weighted by atomic mass is 9.75. The summed E-state index contributed by atoms with van der Waals surface area (Å²) >= 11 is 0. The Kier molecular flexibility index (Phi) is 6.91. The van der Waals surface area contributed by atoms with Crippen molar-refractivity contribution in [3.8, 4) is 11.5 Å². The van der Waals surface area contributed by atoms with Crippen LogP contribution in [0.15, 0.2) is 24.3 Å². The van der Waals surface area contributed by atoms with E-state index in [-0.39, 0.29) is 0 Å². The summed E-state index contributed by atoms with van der Waals surface area (Å²) in [6.45, 7) is 3.15. The van der Waals surface area contributed by atoms with Gasteiger partial charge in [0.15, 0.2) is 0 Å². The van der Waals surface area contributed by atoms with Gasteiger partial charge in [0.25, 0.3) is 0 Å². The third-order valence-corrected chi connectivity index (χ3v) is 4.77. The minimum absolute atomic E-state index is 0.835. The molecule has 1 aliphatic carbocycles. The fraction of sp³-hybridized carbons (Fsp3) is 0.684. The zero-order chi connectivity index (χ0) is 14.9. The molecule has 1 aromatic carbocycles. The number of methoxy groups -OCH3 is 1. The second-order valence-corrected chi connectivity index (χ2v) is 6.26. The Balaban J connectivity index is 1.68. The number of benzene rings is 1. The summed E-state index contributed by atoms with van der Waals surface area (Å²) in [6, 6.07) is 7.88. The molecule has 118 valence electrons. The average Bonchev–Trinajstić information content (AvgIpc) is 2.54. The van der Waals surface area contributed by atoms with Gasteiger partial charge in [-0.1, -0.05) is 45.4 Å². The smallest absolute Gasteiger partial charge is 0.119 e. The van der Waals surface area contributed by atoms with Crippen molar-refractivity contribution in [3.63, 3.8) is 0 Å². The molecule has 0 spiro atoms. The summed E-state index contributed by atoms with van der Waals surface area (Å²) < 4.78 is 11.0. The van der Waals surface area contributed by atoms with E-state index in [2.05, 4.69) is 6.92 Å². The van der Waals surface area contributed by atoms with Crippen molar-refractivity contribution in [3.05, 3.63) is 24.3 Å².